The third-order valence-electron chi connectivity index (χ3n) is 17.6. The summed E-state index contributed by atoms with van der Waals surface area (Å²) in [6, 6.07) is -2.52. The van der Waals surface area contributed by atoms with Crippen LogP contribution in [0, 0.1) is 0 Å². The highest BCUT2D eigenvalue weighted by Crippen LogP contribution is 2.37. The molecule has 36 heteroatoms. The molecular formula is C62H99N5O31. The molecule has 6 fully saturated rings. The third-order valence-corrected chi connectivity index (χ3v) is 17.6. The molecule has 7 rings (SSSR count). The molecule has 19 N–H and O–H groups in total. The maximum absolute atomic E-state index is 13.9. The quantitative estimate of drug-likeness (QED) is 0.0243. The van der Waals surface area contributed by atoms with Crippen molar-refractivity contribution in [1.29, 1.82) is 0 Å². The van der Waals surface area contributed by atoms with Crippen molar-refractivity contribution in [2.45, 2.75) is 270 Å². The van der Waals surface area contributed by atoms with Gasteiger partial charge in [0.25, 0.3) is 5.91 Å². The predicted molar refractivity (Wildman–Crippen MR) is 328 cm³/mol. The molecule has 0 spiro atoms. The van der Waals surface area contributed by atoms with Gasteiger partial charge in [0.05, 0.1) is 45.7 Å². The van der Waals surface area contributed by atoms with E-state index in [1.165, 1.54) is 31.9 Å². The van der Waals surface area contributed by atoms with Crippen LogP contribution in [-0.4, -0.2) is 325 Å². The van der Waals surface area contributed by atoms with Gasteiger partial charge in [0.15, 0.2) is 37.7 Å². The van der Waals surface area contributed by atoms with Gasteiger partial charge in [-0.2, -0.15) is 0 Å². The molecule has 6 saturated heterocycles. The second kappa shape index (κ2) is 37.9. The van der Waals surface area contributed by atoms with Crippen molar-refractivity contribution in [3.05, 3.63) is 42.0 Å². The van der Waals surface area contributed by atoms with Gasteiger partial charge in [0, 0.05) is 33.3 Å². The molecule has 6 aliphatic rings. The van der Waals surface area contributed by atoms with E-state index in [1.807, 2.05) is 0 Å². The monoisotopic (exact) mass is 1410 g/mol. The number of unbranched alkanes of at least 4 members (excludes halogenated alkanes) is 5. The number of allylic oxidation sites excluding steroid dienone is 2. The molecule has 36 nitrogen and oxygen atoms in total. The molecule has 558 valence electrons. The van der Waals surface area contributed by atoms with Gasteiger partial charge in [-0.25, -0.2) is 0 Å². The second-order valence-electron chi connectivity index (χ2n) is 25.1. The first-order chi connectivity index (χ1) is 46.7. The molecule has 6 aliphatic heterocycles. The van der Waals surface area contributed by atoms with Crippen LogP contribution in [0.3, 0.4) is 0 Å². The van der Waals surface area contributed by atoms with Crippen LogP contribution >= 0.6 is 0 Å². The molecule has 1 aromatic rings. The van der Waals surface area contributed by atoms with Crippen LogP contribution in [0.4, 0.5) is 0 Å². The Hall–Kier alpha value is -4.89. The highest BCUT2D eigenvalue weighted by Gasteiger charge is 2.58. The van der Waals surface area contributed by atoms with Gasteiger partial charge in [-0.1, -0.05) is 44.4 Å². The Morgan fingerprint density at radius 3 is 1.34 bits per heavy atom. The summed E-state index contributed by atoms with van der Waals surface area (Å²) in [7, 11) is 0. The van der Waals surface area contributed by atoms with Crippen molar-refractivity contribution in [3.8, 4) is 5.75 Å². The molecule has 0 radical (unpaired) electrons. The van der Waals surface area contributed by atoms with Gasteiger partial charge in [-0.15, -0.1) is 0 Å². The first kappa shape index (κ1) is 80.4. The number of nitrogens with one attached hydrogen (secondary N) is 5. The lowest BCUT2D eigenvalue weighted by Gasteiger charge is -2.51. The second-order valence-corrected chi connectivity index (χ2v) is 25.1. The molecule has 0 bridgehead atoms. The van der Waals surface area contributed by atoms with Crippen molar-refractivity contribution >= 4 is 29.5 Å². The average Bonchev–Trinajstić information content (AvgIpc) is 0.772. The van der Waals surface area contributed by atoms with E-state index >= 15 is 0 Å². The minimum atomic E-state index is -2.07. The Morgan fingerprint density at radius 1 is 0.449 bits per heavy atom. The summed E-state index contributed by atoms with van der Waals surface area (Å²) < 4.78 is 71.9. The van der Waals surface area contributed by atoms with Crippen LogP contribution in [0.5, 0.6) is 5.75 Å². The number of carbonyl (C=O) groups is 5. The molecule has 30 atom stereocenters. The van der Waals surface area contributed by atoms with Crippen molar-refractivity contribution in [3.63, 3.8) is 0 Å². The van der Waals surface area contributed by atoms with E-state index in [-0.39, 0.29) is 5.56 Å². The maximum atomic E-state index is 13.9. The van der Waals surface area contributed by atoms with Crippen molar-refractivity contribution < 1.29 is 152 Å². The Labute approximate surface area is 564 Å². The number of hydrogen-bond donors (Lipinski definition) is 19. The molecule has 0 aliphatic carbocycles. The zero-order valence-electron chi connectivity index (χ0n) is 55.2. The number of rotatable bonds is 31. The van der Waals surface area contributed by atoms with Crippen molar-refractivity contribution in [1.82, 2.24) is 26.6 Å². The van der Waals surface area contributed by atoms with Crippen LogP contribution in [-0.2, 0) is 71.3 Å². The number of ether oxygens (including phenoxy) is 12. The van der Waals surface area contributed by atoms with Gasteiger partial charge in [0.2, 0.25) is 23.6 Å². The number of hydrogen-bond acceptors (Lipinski definition) is 31. The first-order valence-electron chi connectivity index (χ1n) is 32.8. The zero-order valence-corrected chi connectivity index (χ0v) is 55.2. The number of aliphatic hydroxyl groups is 14. The largest absolute Gasteiger partial charge is 0.494 e. The highest BCUT2D eigenvalue weighted by molar-refractivity contribution is 5.94. The van der Waals surface area contributed by atoms with Crippen LogP contribution in [0.1, 0.15) is 96.8 Å². The van der Waals surface area contributed by atoms with Crippen LogP contribution < -0.4 is 31.3 Å². The van der Waals surface area contributed by atoms with Crippen LogP contribution in [0.15, 0.2) is 36.4 Å². The number of aliphatic hydroxyl groups excluding tert-OH is 14. The summed E-state index contributed by atoms with van der Waals surface area (Å²) in [5.41, 5.74) is 0.0454. The van der Waals surface area contributed by atoms with Gasteiger partial charge in [-0.3, -0.25) is 24.0 Å². The summed E-state index contributed by atoms with van der Waals surface area (Å²) in [5, 5.41) is 168. The van der Waals surface area contributed by atoms with Crippen molar-refractivity contribution in [2.75, 3.05) is 39.6 Å². The summed E-state index contributed by atoms with van der Waals surface area (Å²) >= 11 is 0. The standard InChI is InChI=1S/C62H99N5O31/c1-7-8-9-10-11-12-13-14-15-19-87-32-18-16-17-31(20-32)56(85)67-39-45(78)44(77)33(21-68)91-58(39)95-52-34(22-69)92-59(40(47(52)80)64-28(4)73)96-53-35(23-70)93-60(41(48(53)81)65-29(5)74)97-54-36(24-71)94-61(42(49(54)82)66-30(6)75)98-55-37(90-57(86)38(46(55)79)63-27(3)72)25-88-62-51(84)50(83)43(76)26(2)89-62/h12-13,16-18,20,26,33-55,57-62,68-71,76-84,86H,7-11,14-15,19,21-25H2,1-6H3,(H,63,72)(H,64,73)(H,65,74)(H,66,75)(H,67,85). The SMILES string of the molecule is CCCCCCC=CCCCOc1cccc(C(=O)NC2C(OC3C(CO)OC(OC4C(CO)OC(OC5C(CO)OC(OC6C(COC7OC(C)C(O)C(O)C7O)OC(O)C(NC(C)=O)C6O)C(NC(C)=O)C5O)C(NC(C)=O)C4O)C(NC(C)=O)C3O)OC(CO)C(O)C2O)c1. The Morgan fingerprint density at radius 2 is 0.878 bits per heavy atom. The number of amides is 5. The van der Waals surface area contributed by atoms with E-state index in [2.05, 4.69) is 45.7 Å². The van der Waals surface area contributed by atoms with Crippen LogP contribution in [0.2, 0.25) is 0 Å². The topological polar surface area (TPSA) is 539 Å². The van der Waals surface area contributed by atoms with E-state index in [1.54, 1.807) is 12.1 Å². The molecule has 6 heterocycles. The maximum Gasteiger partial charge on any atom is 0.251 e. The Bertz CT molecular complexity index is 2710. The summed E-state index contributed by atoms with van der Waals surface area (Å²) in [6.07, 6.45) is -33.6. The fourth-order valence-electron chi connectivity index (χ4n) is 12.4. The summed E-state index contributed by atoms with van der Waals surface area (Å²) in [4.78, 5) is 65.0. The van der Waals surface area contributed by atoms with Gasteiger partial charge in [-0.05, 0) is 50.8 Å². The molecule has 0 saturated carbocycles. The van der Waals surface area contributed by atoms with Crippen molar-refractivity contribution in [2.24, 2.45) is 0 Å². The van der Waals surface area contributed by atoms with Crippen LogP contribution in [0.25, 0.3) is 0 Å². The molecule has 30 unspecified atom stereocenters. The molecule has 98 heavy (non-hydrogen) atoms. The summed E-state index contributed by atoms with van der Waals surface area (Å²) in [5.74, 6) is -3.72. The van der Waals surface area contributed by atoms with Gasteiger partial charge in [0.1, 0.15) is 146 Å². The van der Waals surface area contributed by atoms with E-state index in [9.17, 15) is 95.5 Å². The zero-order chi connectivity index (χ0) is 71.8. The number of carbonyl (C=O) groups excluding carboxylic acids is 5. The Balaban J connectivity index is 1.07. The normalized spacial score (nSPS) is 39.9. The van der Waals surface area contributed by atoms with Gasteiger partial charge < -0.3 is 155 Å². The van der Waals surface area contributed by atoms with Gasteiger partial charge >= 0.3 is 0 Å². The van der Waals surface area contributed by atoms with E-state index in [0.717, 1.165) is 53.4 Å². The third kappa shape index (κ3) is 20.5. The molecular weight excluding hydrogens is 1310 g/mol. The fourth-order valence-corrected chi connectivity index (χ4v) is 12.4. The van der Waals surface area contributed by atoms with E-state index in [4.69, 9.17) is 56.8 Å². The lowest BCUT2D eigenvalue weighted by molar-refractivity contribution is -0.368. The number of benzene rings is 1. The smallest absolute Gasteiger partial charge is 0.251 e. The minimum absolute atomic E-state index is 0.0454. The average molecular weight is 1410 g/mol. The summed E-state index contributed by atoms with van der Waals surface area (Å²) in [6.45, 7) is 3.29. The van der Waals surface area contributed by atoms with E-state index < -0.39 is 246 Å². The molecule has 0 aromatic heterocycles. The Kier molecular flexibility index (Phi) is 31.1. The predicted octanol–water partition coefficient (Wildman–Crippen LogP) is -7.37. The highest BCUT2D eigenvalue weighted by atomic mass is 16.8. The molecule has 1 aromatic carbocycles. The van der Waals surface area contributed by atoms with E-state index in [0.29, 0.717) is 18.8 Å². The first-order valence-corrected chi connectivity index (χ1v) is 32.8. The molecule has 5 amide bonds. The fraction of sp³-hybridized carbons (Fsp3) is 0.790. The lowest BCUT2D eigenvalue weighted by Crippen LogP contribution is -2.72. The minimum Gasteiger partial charge on any atom is -0.494 e. The lowest BCUT2D eigenvalue weighted by atomic mass is 9.93.